The Morgan fingerprint density at radius 3 is 2.83 bits per heavy atom. The van der Waals surface area contributed by atoms with Crippen molar-refractivity contribution in [2.75, 3.05) is 25.9 Å². The van der Waals surface area contributed by atoms with Gasteiger partial charge in [0, 0.05) is 24.7 Å². The van der Waals surface area contributed by atoms with Crippen molar-refractivity contribution in [2.24, 2.45) is 0 Å². The third-order valence-electron chi connectivity index (χ3n) is 3.10. The van der Waals surface area contributed by atoms with E-state index in [0.29, 0.717) is 5.82 Å². The molecule has 1 saturated heterocycles. The smallest absolute Gasteiger partial charge is 0.145 e. The molecule has 0 unspecified atom stereocenters. The number of hydrogen-bond acceptors (Lipinski definition) is 4. The minimum Gasteiger partial charge on any atom is -0.487 e. The minimum atomic E-state index is 0.274. The van der Waals surface area contributed by atoms with Crippen molar-refractivity contribution in [2.45, 2.75) is 6.10 Å². The quantitative estimate of drug-likeness (QED) is 0.855. The lowest BCUT2D eigenvalue weighted by Crippen LogP contribution is -2.51. The van der Waals surface area contributed by atoms with E-state index in [1.54, 1.807) is 0 Å². The summed E-state index contributed by atoms with van der Waals surface area (Å²) < 4.78 is 5.99. The maximum Gasteiger partial charge on any atom is 0.145 e. The Morgan fingerprint density at radius 1 is 1.39 bits per heavy atom. The molecule has 0 spiro atoms. The van der Waals surface area contributed by atoms with E-state index in [-0.39, 0.29) is 6.10 Å². The van der Waals surface area contributed by atoms with E-state index in [2.05, 4.69) is 22.1 Å². The molecule has 2 heterocycles. The second-order valence-electron chi connectivity index (χ2n) is 4.66. The van der Waals surface area contributed by atoms with Gasteiger partial charge in [0.25, 0.3) is 0 Å². The van der Waals surface area contributed by atoms with Gasteiger partial charge in [-0.05, 0) is 19.2 Å². The number of hydrogen-bond donors (Lipinski definition) is 2. The molecule has 1 aromatic carbocycles. The molecule has 5 nitrogen and oxygen atoms in total. The Hall–Kier alpha value is -2.01. The second-order valence-corrected chi connectivity index (χ2v) is 4.66. The maximum atomic E-state index is 5.99. The molecule has 0 atom stereocenters. The summed E-state index contributed by atoms with van der Waals surface area (Å²) in [6.07, 6.45) is 0.274. The molecule has 18 heavy (non-hydrogen) atoms. The number of aromatic nitrogens is 2. The second kappa shape index (κ2) is 4.34. The average Bonchev–Trinajstić information content (AvgIpc) is 2.74. The van der Waals surface area contributed by atoms with E-state index in [4.69, 9.17) is 10.5 Å². The van der Waals surface area contributed by atoms with Gasteiger partial charge in [0.2, 0.25) is 0 Å². The minimum absolute atomic E-state index is 0.274. The molecular formula is C13H16N4O. The third-order valence-corrected chi connectivity index (χ3v) is 3.10. The number of nitrogens with two attached hydrogens (primary N) is 1. The summed E-state index contributed by atoms with van der Waals surface area (Å²) in [5.41, 5.74) is 7.51. The molecule has 1 fully saturated rings. The zero-order valence-corrected chi connectivity index (χ0v) is 10.3. The molecule has 1 aliphatic heterocycles. The predicted octanol–water partition coefficient (Wildman–Crippen LogP) is 1.35. The molecule has 5 heteroatoms. The van der Waals surface area contributed by atoms with Crippen LogP contribution >= 0.6 is 0 Å². The van der Waals surface area contributed by atoms with Crippen LogP contribution in [0.4, 0.5) is 5.82 Å². The Labute approximate surface area is 106 Å². The van der Waals surface area contributed by atoms with Crippen LogP contribution in [0.15, 0.2) is 30.3 Å². The van der Waals surface area contributed by atoms with E-state index in [9.17, 15) is 0 Å². The predicted molar refractivity (Wildman–Crippen MR) is 70.3 cm³/mol. The van der Waals surface area contributed by atoms with E-state index in [0.717, 1.165) is 30.1 Å². The highest BCUT2D eigenvalue weighted by Gasteiger charge is 2.25. The fourth-order valence-corrected chi connectivity index (χ4v) is 2.16. The van der Waals surface area contributed by atoms with Gasteiger partial charge in [0.15, 0.2) is 0 Å². The number of nitrogens with zero attached hydrogens (tertiary/aromatic N) is 2. The number of likely N-dealkylation sites (N-methyl/N-ethyl adjacent to an activating group) is 1. The number of ether oxygens (including phenoxy) is 1. The highest BCUT2D eigenvalue weighted by atomic mass is 16.5. The van der Waals surface area contributed by atoms with Gasteiger partial charge in [-0.15, -0.1) is 0 Å². The molecule has 0 bridgehead atoms. The van der Waals surface area contributed by atoms with Crippen molar-refractivity contribution in [1.82, 2.24) is 15.1 Å². The molecule has 0 aliphatic carbocycles. The number of rotatable bonds is 3. The lowest BCUT2D eigenvalue weighted by atomic mass is 10.1. The van der Waals surface area contributed by atoms with E-state index < -0.39 is 0 Å². The molecule has 3 N–H and O–H groups in total. The summed E-state index contributed by atoms with van der Waals surface area (Å²) >= 11 is 0. The standard InChI is InChI=1S/C13H16N4O/c1-17-7-9(8-17)18-12-5-3-2-4-10(12)11-6-13(14)16-15-11/h2-6,9H,7-8H2,1H3,(H3,14,15,16). The number of anilines is 1. The molecule has 0 saturated carbocycles. The van der Waals surface area contributed by atoms with E-state index in [1.165, 1.54) is 0 Å². The molecule has 2 aromatic rings. The van der Waals surface area contributed by atoms with Gasteiger partial charge < -0.3 is 10.5 Å². The first kappa shape index (κ1) is 11.1. The average molecular weight is 244 g/mol. The first-order valence-electron chi connectivity index (χ1n) is 5.98. The largest absolute Gasteiger partial charge is 0.487 e. The molecule has 0 radical (unpaired) electrons. The van der Waals surface area contributed by atoms with Gasteiger partial charge in [-0.25, -0.2) is 0 Å². The lowest BCUT2D eigenvalue weighted by molar-refractivity contribution is 0.0392. The van der Waals surface area contributed by atoms with E-state index >= 15 is 0 Å². The van der Waals surface area contributed by atoms with Crippen LogP contribution in [0, 0.1) is 0 Å². The molecular weight excluding hydrogens is 228 g/mol. The van der Waals surface area contributed by atoms with Gasteiger partial charge in [-0.1, -0.05) is 12.1 Å². The van der Waals surface area contributed by atoms with Crippen LogP contribution in [0.5, 0.6) is 5.75 Å². The monoisotopic (exact) mass is 244 g/mol. The summed E-state index contributed by atoms with van der Waals surface area (Å²) in [6.45, 7) is 1.94. The van der Waals surface area contributed by atoms with E-state index in [1.807, 2.05) is 30.3 Å². The summed E-state index contributed by atoms with van der Waals surface area (Å²) in [7, 11) is 2.08. The van der Waals surface area contributed by atoms with Gasteiger partial charge >= 0.3 is 0 Å². The molecule has 3 rings (SSSR count). The summed E-state index contributed by atoms with van der Waals surface area (Å²) in [5.74, 6) is 1.36. The van der Waals surface area contributed by atoms with Crippen molar-refractivity contribution < 1.29 is 4.74 Å². The molecule has 94 valence electrons. The number of para-hydroxylation sites is 1. The van der Waals surface area contributed by atoms with Gasteiger partial charge in [-0.2, -0.15) is 5.10 Å². The first-order chi connectivity index (χ1) is 8.72. The number of benzene rings is 1. The summed E-state index contributed by atoms with van der Waals surface area (Å²) in [4.78, 5) is 2.22. The summed E-state index contributed by atoms with van der Waals surface area (Å²) in [6, 6.07) is 9.75. The third kappa shape index (κ3) is 2.04. The van der Waals surface area contributed by atoms with Crippen LogP contribution < -0.4 is 10.5 Å². The van der Waals surface area contributed by atoms with Gasteiger partial charge in [0.05, 0.1) is 5.69 Å². The maximum absolute atomic E-state index is 5.99. The number of H-pyrrole nitrogens is 1. The Bertz CT molecular complexity index is 545. The zero-order chi connectivity index (χ0) is 12.5. The zero-order valence-electron chi connectivity index (χ0n) is 10.3. The van der Waals surface area contributed by atoms with Crippen LogP contribution in [0.3, 0.4) is 0 Å². The fourth-order valence-electron chi connectivity index (χ4n) is 2.16. The molecule has 0 amide bonds. The number of nitrogen functional groups attached to an aromatic ring is 1. The Balaban J connectivity index is 1.85. The summed E-state index contributed by atoms with van der Waals surface area (Å²) in [5, 5.41) is 6.86. The van der Waals surface area contributed by atoms with Crippen molar-refractivity contribution >= 4 is 5.82 Å². The normalized spacial score (nSPS) is 16.5. The highest BCUT2D eigenvalue weighted by molar-refractivity contribution is 5.68. The Kier molecular flexibility index (Phi) is 2.68. The van der Waals surface area contributed by atoms with Crippen molar-refractivity contribution in [1.29, 1.82) is 0 Å². The van der Waals surface area contributed by atoms with Crippen molar-refractivity contribution in [3.63, 3.8) is 0 Å². The highest BCUT2D eigenvalue weighted by Crippen LogP contribution is 2.30. The van der Waals surface area contributed by atoms with Crippen LogP contribution in [0.25, 0.3) is 11.3 Å². The Morgan fingerprint density at radius 2 is 2.17 bits per heavy atom. The number of aromatic amines is 1. The molecule has 1 aromatic heterocycles. The van der Waals surface area contributed by atoms with Gasteiger partial charge in [-0.3, -0.25) is 10.00 Å². The van der Waals surface area contributed by atoms with Crippen LogP contribution in [0.2, 0.25) is 0 Å². The molecule has 1 aliphatic rings. The van der Waals surface area contributed by atoms with Crippen LogP contribution in [0.1, 0.15) is 0 Å². The van der Waals surface area contributed by atoms with Crippen molar-refractivity contribution in [3.8, 4) is 17.0 Å². The topological polar surface area (TPSA) is 67.2 Å². The number of nitrogens with one attached hydrogen (secondary N) is 1. The van der Waals surface area contributed by atoms with Crippen LogP contribution in [-0.2, 0) is 0 Å². The number of likely N-dealkylation sites (tertiary alicyclic amines) is 1. The SMILES string of the molecule is CN1CC(Oc2ccccc2-c2cc(N)n[nH]2)C1. The lowest BCUT2D eigenvalue weighted by Gasteiger charge is -2.36. The van der Waals surface area contributed by atoms with Crippen molar-refractivity contribution in [3.05, 3.63) is 30.3 Å². The van der Waals surface area contributed by atoms with Gasteiger partial charge in [0.1, 0.15) is 17.7 Å². The van der Waals surface area contributed by atoms with Crippen LogP contribution in [-0.4, -0.2) is 41.3 Å². The fraction of sp³-hybridized carbons (Fsp3) is 0.308. The first-order valence-corrected chi connectivity index (χ1v) is 5.98.